The van der Waals surface area contributed by atoms with E-state index in [0.29, 0.717) is 18.2 Å². The van der Waals surface area contributed by atoms with Crippen LogP contribution in [0.25, 0.3) is 0 Å². The Morgan fingerprint density at radius 1 is 1.35 bits per heavy atom. The van der Waals surface area contributed by atoms with Gasteiger partial charge in [-0.3, -0.25) is 9.69 Å². The molecule has 20 heavy (non-hydrogen) atoms. The first-order valence-electron chi connectivity index (χ1n) is 7.40. The molecular weight excluding hydrogens is 252 g/mol. The lowest BCUT2D eigenvalue weighted by Gasteiger charge is -2.32. The maximum absolute atomic E-state index is 12.1. The van der Waals surface area contributed by atoms with Crippen molar-refractivity contribution in [3.63, 3.8) is 0 Å². The zero-order valence-corrected chi connectivity index (χ0v) is 12.4. The summed E-state index contributed by atoms with van der Waals surface area (Å²) in [6.07, 6.45) is 3.81. The molecule has 1 aliphatic heterocycles. The molecule has 0 aliphatic carbocycles. The molecule has 1 fully saturated rings. The van der Waals surface area contributed by atoms with Crippen LogP contribution in [0.1, 0.15) is 42.1 Å². The molecule has 2 rings (SSSR count). The van der Waals surface area contributed by atoms with Gasteiger partial charge in [0.1, 0.15) is 5.75 Å². The third kappa shape index (κ3) is 3.73. The molecule has 110 valence electrons. The van der Waals surface area contributed by atoms with Crippen LogP contribution in [0.4, 0.5) is 0 Å². The van der Waals surface area contributed by atoms with Crippen LogP contribution in [0.3, 0.4) is 0 Å². The van der Waals surface area contributed by atoms with Crippen molar-refractivity contribution >= 4 is 5.91 Å². The van der Waals surface area contributed by atoms with E-state index in [9.17, 15) is 9.90 Å². The minimum Gasteiger partial charge on any atom is -0.507 e. The highest BCUT2D eigenvalue weighted by molar-refractivity contribution is 5.97. The van der Waals surface area contributed by atoms with Gasteiger partial charge in [0.25, 0.3) is 5.91 Å². The molecule has 0 radical (unpaired) electrons. The van der Waals surface area contributed by atoms with Crippen LogP contribution in [-0.4, -0.2) is 41.6 Å². The van der Waals surface area contributed by atoms with Crippen LogP contribution < -0.4 is 5.32 Å². The van der Waals surface area contributed by atoms with Crippen LogP contribution in [0, 0.1) is 6.92 Å². The largest absolute Gasteiger partial charge is 0.507 e. The predicted molar refractivity (Wildman–Crippen MR) is 80.1 cm³/mol. The van der Waals surface area contributed by atoms with Gasteiger partial charge in [-0.2, -0.15) is 0 Å². The Labute approximate surface area is 120 Å². The smallest absolute Gasteiger partial charge is 0.255 e. The lowest BCUT2D eigenvalue weighted by atomic mass is 10.1. The third-order valence-electron chi connectivity index (χ3n) is 3.97. The van der Waals surface area contributed by atoms with Crippen LogP contribution in [-0.2, 0) is 0 Å². The Morgan fingerprint density at radius 2 is 2.05 bits per heavy atom. The number of phenols is 1. The number of benzene rings is 1. The molecule has 4 heteroatoms. The van der Waals surface area contributed by atoms with Crippen LogP contribution >= 0.6 is 0 Å². The summed E-state index contributed by atoms with van der Waals surface area (Å²) in [5.74, 6) is -0.159. The van der Waals surface area contributed by atoms with Crippen molar-refractivity contribution in [2.24, 2.45) is 0 Å². The fourth-order valence-electron chi connectivity index (χ4n) is 2.66. The lowest BCUT2D eigenvalue weighted by molar-refractivity contribution is 0.0927. The number of nitrogens with one attached hydrogen (secondary N) is 1. The van der Waals surface area contributed by atoms with Crippen molar-refractivity contribution in [3.05, 3.63) is 29.3 Å². The van der Waals surface area contributed by atoms with Gasteiger partial charge in [0.05, 0.1) is 5.56 Å². The molecule has 1 aromatic rings. The minimum atomic E-state index is -0.199. The maximum Gasteiger partial charge on any atom is 0.255 e. The summed E-state index contributed by atoms with van der Waals surface area (Å²) in [5, 5.41) is 12.7. The van der Waals surface area contributed by atoms with Crippen LogP contribution in [0.5, 0.6) is 5.75 Å². The second kappa shape index (κ2) is 6.75. The number of likely N-dealkylation sites (tertiary alicyclic amines) is 1. The highest BCUT2D eigenvalue weighted by Crippen LogP contribution is 2.18. The highest BCUT2D eigenvalue weighted by Gasteiger charge is 2.18. The summed E-state index contributed by atoms with van der Waals surface area (Å²) in [6, 6.07) is 5.42. The van der Waals surface area contributed by atoms with E-state index < -0.39 is 0 Å². The first-order valence-corrected chi connectivity index (χ1v) is 7.40. The zero-order chi connectivity index (χ0) is 14.5. The van der Waals surface area contributed by atoms with Gasteiger partial charge in [-0.25, -0.2) is 0 Å². The molecule has 0 spiro atoms. The van der Waals surface area contributed by atoms with Crippen molar-refractivity contribution in [1.29, 1.82) is 0 Å². The van der Waals surface area contributed by atoms with Gasteiger partial charge in [0.15, 0.2) is 0 Å². The number of carbonyl (C=O) groups is 1. The second-order valence-corrected chi connectivity index (χ2v) is 5.68. The number of carbonyl (C=O) groups excluding carboxylic acids is 1. The second-order valence-electron chi connectivity index (χ2n) is 5.68. The fraction of sp³-hybridized carbons (Fsp3) is 0.562. The summed E-state index contributed by atoms with van der Waals surface area (Å²) in [5.41, 5.74) is 1.33. The summed E-state index contributed by atoms with van der Waals surface area (Å²) >= 11 is 0. The average Bonchev–Trinajstić information content (AvgIpc) is 2.47. The number of aromatic hydroxyl groups is 1. The van der Waals surface area contributed by atoms with Gasteiger partial charge in [-0.1, -0.05) is 18.1 Å². The number of hydrogen-bond donors (Lipinski definition) is 2. The van der Waals surface area contributed by atoms with Gasteiger partial charge in [0, 0.05) is 12.6 Å². The fourth-order valence-corrected chi connectivity index (χ4v) is 2.66. The average molecular weight is 276 g/mol. The van der Waals surface area contributed by atoms with Crippen LogP contribution in [0.15, 0.2) is 18.2 Å². The normalized spacial score (nSPS) is 17.7. The van der Waals surface area contributed by atoms with E-state index in [1.807, 2.05) is 6.92 Å². The molecular formula is C16H24N2O2. The number of aryl methyl sites for hydroxylation is 1. The maximum atomic E-state index is 12.1. The van der Waals surface area contributed by atoms with E-state index >= 15 is 0 Å². The minimum absolute atomic E-state index is 0.0405. The number of nitrogens with zero attached hydrogens (tertiary/aromatic N) is 1. The van der Waals surface area contributed by atoms with Gasteiger partial charge in [-0.15, -0.1) is 0 Å². The third-order valence-corrected chi connectivity index (χ3v) is 3.97. The zero-order valence-electron chi connectivity index (χ0n) is 12.4. The molecule has 0 bridgehead atoms. The Hall–Kier alpha value is -1.55. The first-order chi connectivity index (χ1) is 9.58. The van der Waals surface area contributed by atoms with Gasteiger partial charge in [-0.05, 0) is 51.9 Å². The molecule has 1 atom stereocenters. The van der Waals surface area contributed by atoms with Crippen molar-refractivity contribution in [2.45, 2.75) is 39.2 Å². The van der Waals surface area contributed by atoms with E-state index in [4.69, 9.17) is 0 Å². The summed E-state index contributed by atoms with van der Waals surface area (Å²) in [7, 11) is 0. The Bertz CT molecular complexity index is 468. The van der Waals surface area contributed by atoms with E-state index in [0.717, 1.165) is 18.7 Å². The quantitative estimate of drug-likeness (QED) is 0.887. The molecule has 1 aromatic carbocycles. The summed E-state index contributed by atoms with van der Waals surface area (Å²) in [4.78, 5) is 14.5. The SMILES string of the molecule is Cc1ccc(O)c(C(=O)NCC(C)N2CCCCC2)c1. The number of piperidine rings is 1. The van der Waals surface area contributed by atoms with E-state index in [1.165, 1.54) is 19.3 Å². The molecule has 0 saturated carbocycles. The number of phenolic OH excluding ortho intramolecular Hbond substituents is 1. The highest BCUT2D eigenvalue weighted by atomic mass is 16.3. The molecule has 1 unspecified atom stereocenters. The summed E-state index contributed by atoms with van der Waals surface area (Å²) < 4.78 is 0. The predicted octanol–water partition coefficient (Wildman–Crippen LogP) is 2.30. The molecule has 2 N–H and O–H groups in total. The molecule has 4 nitrogen and oxygen atoms in total. The van der Waals surface area contributed by atoms with Crippen molar-refractivity contribution < 1.29 is 9.90 Å². The van der Waals surface area contributed by atoms with Gasteiger partial charge < -0.3 is 10.4 Å². The molecule has 1 heterocycles. The van der Waals surface area contributed by atoms with E-state index in [1.54, 1.807) is 18.2 Å². The van der Waals surface area contributed by atoms with E-state index in [2.05, 4.69) is 17.1 Å². The molecule has 0 aromatic heterocycles. The topological polar surface area (TPSA) is 52.6 Å². The number of hydrogen-bond acceptors (Lipinski definition) is 3. The van der Waals surface area contributed by atoms with Crippen LogP contribution in [0.2, 0.25) is 0 Å². The molecule has 1 saturated heterocycles. The van der Waals surface area contributed by atoms with Crippen molar-refractivity contribution in [3.8, 4) is 5.75 Å². The Morgan fingerprint density at radius 3 is 2.75 bits per heavy atom. The summed E-state index contributed by atoms with van der Waals surface area (Å²) in [6.45, 7) is 6.90. The van der Waals surface area contributed by atoms with Crippen molar-refractivity contribution in [1.82, 2.24) is 10.2 Å². The number of amides is 1. The molecule has 1 aliphatic rings. The first kappa shape index (κ1) is 14.9. The van der Waals surface area contributed by atoms with Crippen molar-refractivity contribution in [2.75, 3.05) is 19.6 Å². The Kier molecular flexibility index (Phi) is 5.01. The van der Waals surface area contributed by atoms with E-state index in [-0.39, 0.29) is 11.7 Å². The Balaban J connectivity index is 1.89. The lowest BCUT2D eigenvalue weighted by Crippen LogP contribution is -2.44. The standard InChI is InChI=1S/C16H24N2O2/c1-12-6-7-15(19)14(10-12)16(20)17-11-13(2)18-8-4-3-5-9-18/h6-7,10,13,19H,3-5,8-9,11H2,1-2H3,(H,17,20). The molecule has 1 amide bonds. The number of rotatable bonds is 4. The van der Waals surface area contributed by atoms with Gasteiger partial charge >= 0.3 is 0 Å². The van der Waals surface area contributed by atoms with Gasteiger partial charge in [0.2, 0.25) is 0 Å². The monoisotopic (exact) mass is 276 g/mol.